The van der Waals surface area contributed by atoms with Crippen molar-refractivity contribution in [3.05, 3.63) is 53.8 Å². The lowest BCUT2D eigenvalue weighted by atomic mass is 10.0. The zero-order chi connectivity index (χ0) is 15.6. The van der Waals surface area contributed by atoms with Crippen molar-refractivity contribution in [2.24, 2.45) is 0 Å². The van der Waals surface area contributed by atoms with Gasteiger partial charge >= 0.3 is 12.1 Å². The zero-order valence-electron chi connectivity index (χ0n) is 11.0. The number of carbonyl (C=O) groups excluding carboxylic acids is 1. The molecule has 6 heteroatoms. The highest BCUT2D eigenvalue weighted by molar-refractivity contribution is 5.98. The van der Waals surface area contributed by atoms with E-state index >= 15 is 0 Å². The molecule has 0 radical (unpaired) electrons. The first-order chi connectivity index (χ1) is 9.77. The van der Waals surface area contributed by atoms with Gasteiger partial charge in [0, 0.05) is 11.3 Å². The summed E-state index contributed by atoms with van der Waals surface area (Å²) in [5.74, 6) is -2.58. The monoisotopic (exact) mass is 297 g/mol. The number of amides is 1. The summed E-state index contributed by atoms with van der Waals surface area (Å²) in [6.07, 6.45) is -4.98. The van der Waals surface area contributed by atoms with Gasteiger partial charge in [-0.05, 0) is 36.2 Å². The fraction of sp³-hybridized carbons (Fsp3) is 0.133. The smallest absolute Gasteiger partial charge is 0.318 e. The average Bonchev–Trinajstić information content (AvgIpc) is 2.37. The first-order valence-corrected chi connectivity index (χ1v) is 6.02. The Morgan fingerprint density at radius 3 is 2.43 bits per heavy atom. The van der Waals surface area contributed by atoms with E-state index in [9.17, 15) is 22.4 Å². The van der Waals surface area contributed by atoms with Gasteiger partial charge in [-0.15, -0.1) is 0 Å². The number of benzene rings is 2. The van der Waals surface area contributed by atoms with Crippen molar-refractivity contribution in [2.75, 3.05) is 5.32 Å². The molecule has 0 spiro atoms. The highest BCUT2D eigenvalue weighted by Gasteiger charge is 2.39. The van der Waals surface area contributed by atoms with Crippen molar-refractivity contribution < 1.29 is 22.4 Å². The van der Waals surface area contributed by atoms with Crippen LogP contribution in [-0.2, 0) is 4.79 Å². The number of carbonyl (C=O) groups is 1. The van der Waals surface area contributed by atoms with Gasteiger partial charge in [0.1, 0.15) is 5.82 Å². The molecule has 2 aromatic carbocycles. The van der Waals surface area contributed by atoms with Crippen LogP contribution in [0.15, 0.2) is 42.5 Å². The SMILES string of the molecule is Cc1ccc(-c2cccc(F)c2)c(NC(=O)C(F)(F)F)c1. The first kappa shape index (κ1) is 15.0. The maximum atomic E-state index is 13.2. The predicted molar refractivity (Wildman–Crippen MR) is 71.3 cm³/mol. The summed E-state index contributed by atoms with van der Waals surface area (Å²) in [6.45, 7) is 1.68. The second-order valence-corrected chi connectivity index (χ2v) is 4.51. The van der Waals surface area contributed by atoms with E-state index < -0.39 is 17.9 Å². The Kier molecular flexibility index (Phi) is 3.97. The molecule has 1 N–H and O–H groups in total. The van der Waals surface area contributed by atoms with Gasteiger partial charge in [-0.3, -0.25) is 4.79 Å². The Balaban J connectivity index is 2.46. The van der Waals surface area contributed by atoms with Gasteiger partial charge < -0.3 is 5.32 Å². The minimum Gasteiger partial charge on any atom is -0.318 e. The van der Waals surface area contributed by atoms with Gasteiger partial charge in [-0.25, -0.2) is 4.39 Å². The normalized spacial score (nSPS) is 11.3. The third-order valence-corrected chi connectivity index (χ3v) is 2.82. The summed E-state index contributed by atoms with van der Waals surface area (Å²) in [4.78, 5) is 11.1. The first-order valence-electron chi connectivity index (χ1n) is 6.02. The molecule has 0 bridgehead atoms. The number of halogens is 4. The van der Waals surface area contributed by atoms with Crippen molar-refractivity contribution in [1.82, 2.24) is 0 Å². The zero-order valence-corrected chi connectivity index (χ0v) is 11.0. The van der Waals surface area contributed by atoms with Crippen LogP contribution < -0.4 is 5.32 Å². The van der Waals surface area contributed by atoms with Crippen molar-refractivity contribution in [1.29, 1.82) is 0 Å². The van der Waals surface area contributed by atoms with Crippen LogP contribution in [0.3, 0.4) is 0 Å². The van der Waals surface area contributed by atoms with E-state index in [1.54, 1.807) is 19.1 Å². The second-order valence-electron chi connectivity index (χ2n) is 4.51. The van der Waals surface area contributed by atoms with Crippen LogP contribution in [0.4, 0.5) is 23.2 Å². The predicted octanol–water partition coefficient (Wildman–Crippen LogP) is 4.30. The molecule has 1 amide bonds. The molecule has 21 heavy (non-hydrogen) atoms. The van der Waals surface area contributed by atoms with Crippen molar-refractivity contribution in [2.45, 2.75) is 13.1 Å². The fourth-order valence-corrected chi connectivity index (χ4v) is 1.86. The number of hydrogen-bond acceptors (Lipinski definition) is 1. The number of anilines is 1. The minimum absolute atomic E-state index is 0.0112. The Morgan fingerprint density at radius 1 is 1.10 bits per heavy atom. The van der Waals surface area contributed by atoms with Crippen LogP contribution in [0.5, 0.6) is 0 Å². The lowest BCUT2D eigenvalue weighted by Gasteiger charge is -2.13. The maximum Gasteiger partial charge on any atom is 0.471 e. The quantitative estimate of drug-likeness (QED) is 0.823. The molecule has 0 heterocycles. The van der Waals surface area contributed by atoms with Gasteiger partial charge in [-0.1, -0.05) is 24.3 Å². The molecule has 0 unspecified atom stereocenters. The number of alkyl halides is 3. The Hall–Kier alpha value is -2.37. The standard InChI is InChI=1S/C15H11F4NO/c1-9-5-6-12(10-3-2-4-11(16)8-10)13(7-9)20-14(21)15(17,18)19/h2-8H,1H3,(H,20,21). The molecule has 0 aromatic heterocycles. The van der Waals surface area contributed by atoms with Crippen molar-refractivity contribution in [3.63, 3.8) is 0 Å². The molecule has 0 fully saturated rings. The van der Waals surface area contributed by atoms with E-state index in [2.05, 4.69) is 0 Å². The summed E-state index contributed by atoms with van der Waals surface area (Å²) in [5.41, 5.74) is 1.36. The van der Waals surface area contributed by atoms with Crippen LogP contribution in [0.1, 0.15) is 5.56 Å². The van der Waals surface area contributed by atoms with E-state index in [0.717, 1.165) is 0 Å². The lowest BCUT2D eigenvalue weighted by Crippen LogP contribution is -2.30. The van der Waals surface area contributed by atoms with Crippen LogP contribution in [0.2, 0.25) is 0 Å². The van der Waals surface area contributed by atoms with Gasteiger partial charge in [-0.2, -0.15) is 13.2 Å². The molecule has 0 aliphatic heterocycles. The van der Waals surface area contributed by atoms with Crippen LogP contribution in [-0.4, -0.2) is 12.1 Å². The third-order valence-electron chi connectivity index (χ3n) is 2.82. The number of nitrogens with one attached hydrogen (secondary N) is 1. The molecular formula is C15H11F4NO. The summed E-state index contributed by atoms with van der Waals surface area (Å²) < 4.78 is 50.3. The molecule has 2 rings (SSSR count). The van der Waals surface area contributed by atoms with Crippen LogP contribution in [0, 0.1) is 12.7 Å². The van der Waals surface area contributed by atoms with Crippen LogP contribution >= 0.6 is 0 Å². The summed E-state index contributed by atoms with van der Waals surface area (Å²) in [7, 11) is 0. The Labute approximate surface area is 118 Å². The van der Waals surface area contributed by atoms with Gasteiger partial charge in [0.05, 0.1) is 0 Å². The number of hydrogen-bond donors (Lipinski definition) is 1. The second kappa shape index (κ2) is 5.55. The summed E-state index contributed by atoms with van der Waals surface area (Å²) in [6, 6.07) is 10.0. The third kappa shape index (κ3) is 3.59. The highest BCUT2D eigenvalue weighted by atomic mass is 19.4. The van der Waals surface area contributed by atoms with Crippen molar-refractivity contribution in [3.8, 4) is 11.1 Å². The molecular weight excluding hydrogens is 286 g/mol. The van der Waals surface area contributed by atoms with E-state index in [-0.39, 0.29) is 5.69 Å². The van der Waals surface area contributed by atoms with E-state index in [1.165, 1.54) is 30.3 Å². The topological polar surface area (TPSA) is 29.1 Å². The number of aryl methyl sites for hydroxylation is 1. The van der Waals surface area contributed by atoms with Crippen molar-refractivity contribution >= 4 is 11.6 Å². The summed E-state index contributed by atoms with van der Waals surface area (Å²) >= 11 is 0. The molecule has 0 aliphatic carbocycles. The highest BCUT2D eigenvalue weighted by Crippen LogP contribution is 2.30. The summed E-state index contributed by atoms with van der Waals surface area (Å²) in [5, 5.41) is 1.82. The van der Waals surface area contributed by atoms with E-state index in [4.69, 9.17) is 0 Å². The van der Waals surface area contributed by atoms with E-state index in [0.29, 0.717) is 16.7 Å². The van der Waals surface area contributed by atoms with E-state index in [1.807, 2.05) is 5.32 Å². The largest absolute Gasteiger partial charge is 0.471 e. The Morgan fingerprint density at radius 2 is 1.81 bits per heavy atom. The molecule has 0 aliphatic rings. The Bertz CT molecular complexity index is 680. The average molecular weight is 297 g/mol. The maximum absolute atomic E-state index is 13.2. The molecule has 2 nitrogen and oxygen atoms in total. The van der Waals surface area contributed by atoms with Gasteiger partial charge in [0.25, 0.3) is 0 Å². The molecule has 0 atom stereocenters. The number of rotatable bonds is 2. The molecule has 0 saturated carbocycles. The van der Waals surface area contributed by atoms with Crippen LogP contribution in [0.25, 0.3) is 11.1 Å². The minimum atomic E-state index is -4.98. The molecule has 2 aromatic rings. The molecule has 110 valence electrons. The molecule has 0 saturated heterocycles. The fourth-order valence-electron chi connectivity index (χ4n) is 1.86. The van der Waals surface area contributed by atoms with Gasteiger partial charge in [0.2, 0.25) is 0 Å². The lowest BCUT2D eigenvalue weighted by molar-refractivity contribution is -0.167. The van der Waals surface area contributed by atoms with Gasteiger partial charge in [0.15, 0.2) is 0 Å².